The van der Waals surface area contributed by atoms with Crippen LogP contribution in [0.15, 0.2) is 66.7 Å². The maximum Gasteiger partial charge on any atom is 0.407 e. The van der Waals surface area contributed by atoms with Gasteiger partial charge in [-0.3, -0.25) is 0 Å². The summed E-state index contributed by atoms with van der Waals surface area (Å²) in [5.74, 6) is -0.0496. The van der Waals surface area contributed by atoms with Crippen LogP contribution in [0.3, 0.4) is 0 Å². The van der Waals surface area contributed by atoms with Crippen LogP contribution in [0.1, 0.15) is 28.7 Å². The molecule has 0 aliphatic heterocycles. The van der Waals surface area contributed by atoms with Crippen LogP contribution in [-0.2, 0) is 4.74 Å². The maximum atomic E-state index is 12.3. The number of aromatic nitrogens is 1. The second kappa shape index (κ2) is 8.82. The van der Waals surface area contributed by atoms with Crippen molar-refractivity contribution in [2.24, 2.45) is 0 Å². The van der Waals surface area contributed by atoms with Gasteiger partial charge < -0.3 is 26.0 Å². The third-order valence-electron chi connectivity index (χ3n) is 5.95. The van der Waals surface area contributed by atoms with Gasteiger partial charge in [0.05, 0.1) is 10.2 Å². The number of anilines is 1. The Labute approximate surface area is 194 Å². The minimum atomic E-state index is -1.24. The number of alkyl carbamates (subject to hydrolysis) is 1. The normalized spacial score (nSPS) is 14.5. The molecule has 2 atom stereocenters. The zero-order valence-electron chi connectivity index (χ0n) is 17.6. The number of carbonyl (C=O) groups is 1. The van der Waals surface area contributed by atoms with Gasteiger partial charge in [-0.1, -0.05) is 72.0 Å². The number of nitrogens with two attached hydrogens (primary N) is 1. The van der Waals surface area contributed by atoms with E-state index in [1.165, 1.54) is 11.3 Å². The smallest absolute Gasteiger partial charge is 0.407 e. The molecule has 0 bridgehead atoms. The largest absolute Gasteiger partial charge is 0.449 e. The minimum absolute atomic E-state index is 0.0496. The van der Waals surface area contributed by atoms with Crippen molar-refractivity contribution in [2.45, 2.75) is 18.1 Å². The summed E-state index contributed by atoms with van der Waals surface area (Å²) in [6, 6.07) is 21.5. The van der Waals surface area contributed by atoms with E-state index < -0.39 is 18.3 Å². The lowest BCUT2D eigenvalue weighted by atomic mass is 9.98. The Morgan fingerprint density at radius 1 is 1.03 bits per heavy atom. The number of nitrogen functional groups attached to an aromatic ring is 1. The molecule has 0 spiro atoms. The van der Waals surface area contributed by atoms with Gasteiger partial charge in [0.15, 0.2) is 5.13 Å². The Morgan fingerprint density at radius 2 is 1.70 bits per heavy atom. The Hall–Kier alpha value is -3.46. The van der Waals surface area contributed by atoms with Crippen LogP contribution in [-0.4, -0.2) is 40.5 Å². The van der Waals surface area contributed by atoms with Gasteiger partial charge in [0.25, 0.3) is 0 Å². The summed E-state index contributed by atoms with van der Waals surface area (Å²) in [4.78, 5) is 16.6. The Morgan fingerprint density at radius 3 is 2.39 bits per heavy atom. The molecule has 168 valence electrons. The molecule has 1 amide bonds. The lowest BCUT2D eigenvalue weighted by Crippen LogP contribution is -2.36. The number of ether oxygens (including phenoxy) is 1. The van der Waals surface area contributed by atoms with Crippen LogP contribution in [0.2, 0.25) is 0 Å². The SMILES string of the molecule is Nc1nc2c(C(O)C(O)CNC(=O)OCC3c4ccccc4-c4ccccc43)cccc2s1. The number of rotatable bonds is 6. The van der Waals surface area contributed by atoms with Gasteiger partial charge in [-0.05, 0) is 28.3 Å². The molecule has 4 aromatic rings. The summed E-state index contributed by atoms with van der Waals surface area (Å²) in [5.41, 5.74) is 11.3. The summed E-state index contributed by atoms with van der Waals surface area (Å²) in [7, 11) is 0. The predicted molar refractivity (Wildman–Crippen MR) is 128 cm³/mol. The van der Waals surface area contributed by atoms with E-state index in [-0.39, 0.29) is 19.1 Å². The van der Waals surface area contributed by atoms with Crippen molar-refractivity contribution in [1.29, 1.82) is 0 Å². The summed E-state index contributed by atoms with van der Waals surface area (Å²) in [6.45, 7) is 0.00373. The minimum Gasteiger partial charge on any atom is -0.449 e. The number of hydrogen-bond acceptors (Lipinski definition) is 7. The molecule has 8 heteroatoms. The fourth-order valence-electron chi connectivity index (χ4n) is 4.38. The number of benzene rings is 3. The van der Waals surface area contributed by atoms with Crippen molar-refractivity contribution in [1.82, 2.24) is 10.3 Å². The van der Waals surface area contributed by atoms with Gasteiger partial charge in [0, 0.05) is 18.0 Å². The van der Waals surface area contributed by atoms with Crippen molar-refractivity contribution in [3.8, 4) is 11.1 Å². The highest BCUT2D eigenvalue weighted by Crippen LogP contribution is 2.44. The molecule has 1 aliphatic rings. The van der Waals surface area contributed by atoms with Crippen molar-refractivity contribution in [3.63, 3.8) is 0 Å². The van der Waals surface area contributed by atoms with E-state index in [1.807, 2.05) is 42.5 Å². The molecule has 0 saturated heterocycles. The highest BCUT2D eigenvalue weighted by atomic mass is 32.1. The topological polar surface area (TPSA) is 118 Å². The molecule has 7 nitrogen and oxygen atoms in total. The zero-order valence-corrected chi connectivity index (χ0v) is 18.5. The third kappa shape index (κ3) is 4.04. The first-order valence-electron chi connectivity index (χ1n) is 10.6. The van der Waals surface area contributed by atoms with Crippen LogP contribution >= 0.6 is 11.3 Å². The molecule has 3 aromatic carbocycles. The first-order chi connectivity index (χ1) is 16.0. The Balaban J connectivity index is 1.21. The van der Waals surface area contributed by atoms with E-state index in [4.69, 9.17) is 10.5 Å². The lowest BCUT2D eigenvalue weighted by Gasteiger charge is -2.19. The molecule has 1 aromatic heterocycles. The van der Waals surface area contributed by atoms with E-state index in [0.717, 1.165) is 27.0 Å². The van der Waals surface area contributed by atoms with Gasteiger partial charge >= 0.3 is 6.09 Å². The lowest BCUT2D eigenvalue weighted by molar-refractivity contribution is 0.0193. The van der Waals surface area contributed by atoms with Gasteiger partial charge in [-0.15, -0.1) is 0 Å². The molecule has 1 heterocycles. The van der Waals surface area contributed by atoms with E-state index in [0.29, 0.717) is 16.2 Å². The molecule has 33 heavy (non-hydrogen) atoms. The monoisotopic (exact) mass is 461 g/mol. The van der Waals surface area contributed by atoms with Crippen LogP contribution in [0.5, 0.6) is 0 Å². The molecular formula is C25H23N3O4S. The number of hydrogen-bond donors (Lipinski definition) is 4. The molecule has 2 unspecified atom stereocenters. The summed E-state index contributed by atoms with van der Waals surface area (Å²) >= 11 is 1.31. The van der Waals surface area contributed by atoms with E-state index in [9.17, 15) is 15.0 Å². The van der Waals surface area contributed by atoms with Crippen LogP contribution in [0.4, 0.5) is 9.93 Å². The highest BCUT2D eigenvalue weighted by Gasteiger charge is 2.29. The molecule has 0 fully saturated rings. The van der Waals surface area contributed by atoms with Crippen molar-refractivity contribution < 1.29 is 19.7 Å². The van der Waals surface area contributed by atoms with Gasteiger partial charge in [0.1, 0.15) is 18.8 Å². The average molecular weight is 462 g/mol. The second-order valence-corrected chi connectivity index (χ2v) is 9.03. The number of thiazole rings is 1. The number of fused-ring (bicyclic) bond motifs is 4. The first-order valence-corrected chi connectivity index (χ1v) is 11.4. The number of aliphatic hydroxyl groups is 2. The number of nitrogens with zero attached hydrogens (tertiary/aromatic N) is 1. The summed E-state index contributed by atoms with van der Waals surface area (Å²) < 4.78 is 6.30. The number of aliphatic hydroxyl groups excluding tert-OH is 2. The standard InChI is InChI=1S/C25H23N3O4S/c26-24-28-22-18(10-5-11-21(22)33-24)23(30)20(29)12-27-25(31)32-13-19-16-8-3-1-6-14(16)15-7-2-4-9-17(15)19/h1-11,19-20,23,29-30H,12-13H2,(H2,26,28)(H,27,31). The maximum absolute atomic E-state index is 12.3. The fraction of sp³-hybridized carbons (Fsp3) is 0.200. The molecule has 1 aliphatic carbocycles. The van der Waals surface area contributed by atoms with Gasteiger partial charge in [-0.25, -0.2) is 9.78 Å². The van der Waals surface area contributed by atoms with Crippen molar-refractivity contribution in [3.05, 3.63) is 83.4 Å². The number of para-hydroxylation sites is 1. The van der Waals surface area contributed by atoms with Crippen molar-refractivity contribution in [2.75, 3.05) is 18.9 Å². The molecule has 0 radical (unpaired) electrons. The summed E-state index contributed by atoms with van der Waals surface area (Å²) in [5, 5.41) is 24.0. The van der Waals surface area contributed by atoms with Gasteiger partial charge in [-0.2, -0.15) is 0 Å². The van der Waals surface area contributed by atoms with Gasteiger partial charge in [0.2, 0.25) is 0 Å². The zero-order chi connectivity index (χ0) is 22.9. The number of nitrogens with one attached hydrogen (secondary N) is 1. The highest BCUT2D eigenvalue weighted by molar-refractivity contribution is 7.22. The van der Waals surface area contributed by atoms with Crippen LogP contribution < -0.4 is 11.1 Å². The molecule has 0 saturated carbocycles. The Kier molecular flexibility index (Phi) is 5.72. The fourth-order valence-corrected chi connectivity index (χ4v) is 5.15. The second-order valence-electron chi connectivity index (χ2n) is 7.96. The van der Waals surface area contributed by atoms with Crippen molar-refractivity contribution >= 4 is 32.8 Å². The molecular weight excluding hydrogens is 438 g/mol. The average Bonchev–Trinajstić information content (AvgIpc) is 3.37. The molecule has 5 rings (SSSR count). The third-order valence-corrected chi connectivity index (χ3v) is 6.80. The number of amides is 1. The Bertz CT molecular complexity index is 1280. The van der Waals surface area contributed by atoms with E-state index in [1.54, 1.807) is 12.1 Å². The van der Waals surface area contributed by atoms with E-state index >= 15 is 0 Å². The van der Waals surface area contributed by atoms with E-state index in [2.05, 4.69) is 22.4 Å². The first kappa shape index (κ1) is 21.4. The predicted octanol–water partition coefficient (Wildman–Crippen LogP) is 3.81. The summed E-state index contributed by atoms with van der Waals surface area (Å²) in [6.07, 6.45) is -3.12. The number of carbonyl (C=O) groups excluding carboxylic acids is 1. The quantitative estimate of drug-likeness (QED) is 0.347. The van der Waals surface area contributed by atoms with Crippen LogP contribution in [0, 0.1) is 0 Å². The molecule has 5 N–H and O–H groups in total. The van der Waals surface area contributed by atoms with Crippen LogP contribution in [0.25, 0.3) is 21.3 Å².